The minimum atomic E-state index is -0.321. The van der Waals surface area contributed by atoms with E-state index >= 15 is 0 Å². The molecule has 8 heteroatoms. The lowest BCUT2D eigenvalue weighted by atomic mass is 10.1. The van der Waals surface area contributed by atoms with Gasteiger partial charge in [0.15, 0.2) is 17.5 Å². The van der Waals surface area contributed by atoms with Gasteiger partial charge in [0.25, 0.3) is 0 Å². The van der Waals surface area contributed by atoms with Crippen molar-refractivity contribution in [2.45, 2.75) is 52.6 Å². The van der Waals surface area contributed by atoms with E-state index in [0.29, 0.717) is 37.3 Å². The predicted molar refractivity (Wildman–Crippen MR) is 112 cm³/mol. The van der Waals surface area contributed by atoms with Crippen molar-refractivity contribution in [2.75, 3.05) is 19.7 Å². The van der Waals surface area contributed by atoms with E-state index < -0.39 is 0 Å². The van der Waals surface area contributed by atoms with Crippen LogP contribution in [0.4, 0.5) is 4.39 Å². The zero-order valence-electron chi connectivity index (χ0n) is 17.5. The number of aryl methyl sites for hydroxylation is 1. The highest BCUT2D eigenvalue weighted by Crippen LogP contribution is 2.30. The number of hydrogen-bond acceptors (Lipinski definition) is 4. The summed E-state index contributed by atoms with van der Waals surface area (Å²) in [6.45, 7) is 8.71. The van der Waals surface area contributed by atoms with Gasteiger partial charge in [0.1, 0.15) is 12.2 Å². The first kappa shape index (κ1) is 21.1. The van der Waals surface area contributed by atoms with Crippen LogP contribution < -0.4 is 15.4 Å². The van der Waals surface area contributed by atoms with Crippen molar-refractivity contribution in [3.8, 4) is 5.75 Å². The lowest BCUT2D eigenvalue weighted by Gasteiger charge is -2.19. The highest BCUT2D eigenvalue weighted by atomic mass is 19.1. The van der Waals surface area contributed by atoms with Crippen LogP contribution in [0.15, 0.2) is 29.5 Å². The zero-order valence-corrected chi connectivity index (χ0v) is 17.5. The molecule has 2 N–H and O–H groups in total. The van der Waals surface area contributed by atoms with Crippen molar-refractivity contribution in [3.63, 3.8) is 0 Å². The monoisotopic (exact) mass is 402 g/mol. The predicted octanol–water partition coefficient (Wildman–Crippen LogP) is 3.08. The summed E-state index contributed by atoms with van der Waals surface area (Å²) in [5, 5.41) is 14.6. The lowest BCUT2D eigenvalue weighted by Crippen LogP contribution is -2.39. The Hall–Kier alpha value is -2.64. The number of hydrogen-bond donors (Lipinski definition) is 2. The quantitative estimate of drug-likeness (QED) is 0.472. The Bertz CT molecular complexity index is 817. The maximum atomic E-state index is 14.4. The molecule has 1 aromatic heterocycles. The summed E-state index contributed by atoms with van der Waals surface area (Å²) in [7, 11) is 0. The van der Waals surface area contributed by atoms with Gasteiger partial charge in [-0.25, -0.2) is 4.39 Å². The summed E-state index contributed by atoms with van der Waals surface area (Å²) in [5.74, 6) is 2.25. The number of ether oxygens (including phenoxy) is 1. The Morgan fingerprint density at radius 1 is 1.38 bits per heavy atom. The number of benzene rings is 1. The standard InChI is InChI=1S/C21H31FN6O/c1-4-20-27-25-14-28(20)11-10-24-21(23-5-2)26-15(3)17-8-9-19(18(22)12-17)29-13-16-6-7-16/h8-9,12,14-16H,4-7,10-11,13H2,1-3H3,(H2,23,24,26). The van der Waals surface area contributed by atoms with E-state index in [1.165, 1.54) is 18.9 Å². The summed E-state index contributed by atoms with van der Waals surface area (Å²) in [5.41, 5.74) is 0.846. The maximum absolute atomic E-state index is 14.4. The molecule has 1 fully saturated rings. The second-order valence-corrected chi connectivity index (χ2v) is 7.37. The van der Waals surface area contributed by atoms with Crippen molar-refractivity contribution >= 4 is 5.96 Å². The molecule has 1 atom stereocenters. The van der Waals surface area contributed by atoms with Crippen molar-refractivity contribution in [1.29, 1.82) is 0 Å². The van der Waals surface area contributed by atoms with Gasteiger partial charge < -0.3 is 19.9 Å². The van der Waals surface area contributed by atoms with Crippen LogP contribution in [-0.2, 0) is 13.0 Å². The van der Waals surface area contributed by atoms with E-state index in [0.717, 1.165) is 24.4 Å². The van der Waals surface area contributed by atoms with Gasteiger partial charge in [-0.1, -0.05) is 13.0 Å². The van der Waals surface area contributed by atoms with Gasteiger partial charge in [-0.2, -0.15) is 0 Å². The van der Waals surface area contributed by atoms with E-state index in [4.69, 9.17) is 4.74 Å². The van der Waals surface area contributed by atoms with E-state index in [1.54, 1.807) is 12.4 Å². The van der Waals surface area contributed by atoms with Crippen molar-refractivity contribution < 1.29 is 9.13 Å². The molecule has 0 aliphatic heterocycles. The van der Waals surface area contributed by atoms with Gasteiger partial charge in [-0.15, -0.1) is 10.2 Å². The SMILES string of the molecule is CCNC(=NCCn1cnnc1CC)NC(C)c1ccc(OCC2CC2)c(F)c1. The first-order valence-electron chi connectivity index (χ1n) is 10.4. The van der Waals surface area contributed by atoms with Gasteiger partial charge in [0.2, 0.25) is 0 Å². The lowest BCUT2D eigenvalue weighted by molar-refractivity contribution is 0.285. The molecule has 7 nitrogen and oxygen atoms in total. The average Bonchev–Trinajstić information content (AvgIpc) is 3.43. The average molecular weight is 403 g/mol. The molecule has 158 valence electrons. The summed E-state index contributed by atoms with van der Waals surface area (Å²) >= 11 is 0. The van der Waals surface area contributed by atoms with Crippen LogP contribution in [0.1, 0.15) is 51.0 Å². The highest BCUT2D eigenvalue weighted by Gasteiger charge is 2.22. The topological polar surface area (TPSA) is 76.4 Å². The highest BCUT2D eigenvalue weighted by molar-refractivity contribution is 5.80. The van der Waals surface area contributed by atoms with Crippen molar-refractivity contribution in [1.82, 2.24) is 25.4 Å². The molecule has 1 saturated carbocycles. The van der Waals surface area contributed by atoms with Crippen molar-refractivity contribution in [2.24, 2.45) is 10.9 Å². The summed E-state index contributed by atoms with van der Waals surface area (Å²) in [4.78, 5) is 4.62. The van der Waals surface area contributed by atoms with Crippen LogP contribution in [-0.4, -0.2) is 40.4 Å². The third-order valence-electron chi connectivity index (χ3n) is 4.95. The Balaban J connectivity index is 1.57. The van der Waals surface area contributed by atoms with Gasteiger partial charge >= 0.3 is 0 Å². The van der Waals surface area contributed by atoms with Crippen LogP contribution in [0.5, 0.6) is 5.75 Å². The fourth-order valence-corrected chi connectivity index (χ4v) is 3.01. The molecule has 0 amide bonds. The molecule has 0 spiro atoms. The summed E-state index contributed by atoms with van der Waals surface area (Å²) in [6.07, 6.45) is 4.94. The molecule has 1 aromatic carbocycles. The minimum Gasteiger partial charge on any atom is -0.490 e. The molecule has 0 radical (unpaired) electrons. The molecule has 1 unspecified atom stereocenters. The van der Waals surface area contributed by atoms with Crippen molar-refractivity contribution in [3.05, 3.63) is 41.7 Å². The van der Waals surface area contributed by atoms with Gasteiger partial charge in [-0.05, 0) is 50.3 Å². The summed E-state index contributed by atoms with van der Waals surface area (Å²) < 4.78 is 22.0. The third kappa shape index (κ3) is 6.17. The zero-order chi connectivity index (χ0) is 20.6. The molecule has 1 aliphatic rings. The number of halogens is 1. The molecule has 1 aliphatic carbocycles. The Kier molecular flexibility index (Phi) is 7.43. The maximum Gasteiger partial charge on any atom is 0.191 e. The molecule has 2 aromatic rings. The normalized spacial score (nSPS) is 15.2. The van der Waals surface area contributed by atoms with Crippen LogP contribution >= 0.6 is 0 Å². The van der Waals surface area contributed by atoms with Gasteiger partial charge in [0.05, 0.1) is 19.2 Å². The van der Waals surface area contributed by atoms with E-state index in [2.05, 4.69) is 32.7 Å². The first-order valence-corrected chi connectivity index (χ1v) is 10.4. The number of nitrogens with zero attached hydrogens (tertiary/aromatic N) is 4. The fourth-order valence-electron chi connectivity index (χ4n) is 3.01. The fraction of sp³-hybridized carbons (Fsp3) is 0.571. The second-order valence-electron chi connectivity index (χ2n) is 7.37. The number of guanidine groups is 1. The summed E-state index contributed by atoms with van der Waals surface area (Å²) in [6, 6.07) is 5.06. The molecule has 0 bridgehead atoms. The second kappa shape index (κ2) is 10.2. The van der Waals surface area contributed by atoms with Crippen LogP contribution in [0.2, 0.25) is 0 Å². The van der Waals surface area contributed by atoms with E-state index in [9.17, 15) is 4.39 Å². The molecule has 0 saturated heterocycles. The number of aliphatic imine (C=N–C) groups is 1. The number of nitrogens with one attached hydrogen (secondary N) is 2. The Morgan fingerprint density at radius 3 is 2.90 bits per heavy atom. The minimum absolute atomic E-state index is 0.0964. The molecule has 29 heavy (non-hydrogen) atoms. The largest absolute Gasteiger partial charge is 0.490 e. The van der Waals surface area contributed by atoms with Gasteiger partial charge in [0, 0.05) is 19.5 Å². The smallest absolute Gasteiger partial charge is 0.191 e. The van der Waals surface area contributed by atoms with E-state index in [-0.39, 0.29) is 11.9 Å². The third-order valence-corrected chi connectivity index (χ3v) is 4.95. The molecule has 3 rings (SSSR count). The van der Waals surface area contributed by atoms with Crippen LogP contribution in [0.25, 0.3) is 0 Å². The van der Waals surface area contributed by atoms with Gasteiger partial charge in [-0.3, -0.25) is 4.99 Å². The van der Waals surface area contributed by atoms with E-state index in [1.807, 2.05) is 24.5 Å². The molecular formula is C21H31FN6O. The number of aromatic nitrogens is 3. The van der Waals surface area contributed by atoms with Crippen LogP contribution in [0.3, 0.4) is 0 Å². The number of rotatable bonds is 10. The van der Waals surface area contributed by atoms with Crippen LogP contribution in [0, 0.1) is 11.7 Å². The Labute approximate surface area is 171 Å². The Morgan fingerprint density at radius 2 is 2.21 bits per heavy atom. The first-order chi connectivity index (χ1) is 14.1. The molecular weight excluding hydrogens is 371 g/mol. The molecule has 1 heterocycles.